The van der Waals surface area contributed by atoms with E-state index in [9.17, 15) is 14.7 Å². The second kappa shape index (κ2) is 5.35. The van der Waals surface area contributed by atoms with Crippen LogP contribution in [0.2, 0.25) is 0 Å². The van der Waals surface area contributed by atoms with Gasteiger partial charge in [-0.15, -0.1) is 0 Å². The number of allylic oxidation sites excluding steroid dienone is 2. The molecule has 4 aliphatic heterocycles. The summed E-state index contributed by atoms with van der Waals surface area (Å²) in [5.41, 5.74) is 2.86. The number of rotatable bonds is 1. The van der Waals surface area contributed by atoms with E-state index in [-0.39, 0.29) is 41.5 Å². The van der Waals surface area contributed by atoms with Gasteiger partial charge in [0.1, 0.15) is 5.75 Å². The van der Waals surface area contributed by atoms with Crippen molar-refractivity contribution in [3.05, 3.63) is 84.1 Å². The molecular formula is C23H18N2O3. The second-order valence-corrected chi connectivity index (χ2v) is 7.84. The quantitative estimate of drug-likeness (QED) is 0.784. The molecule has 0 saturated carbocycles. The molecule has 4 heterocycles. The van der Waals surface area contributed by atoms with Crippen molar-refractivity contribution in [2.24, 2.45) is 11.8 Å². The highest BCUT2D eigenvalue weighted by atomic mass is 16.3. The van der Waals surface area contributed by atoms with Crippen LogP contribution in [0.25, 0.3) is 0 Å². The smallest absolute Gasteiger partial charge is 0.240 e. The van der Waals surface area contributed by atoms with Crippen molar-refractivity contribution >= 4 is 17.5 Å². The van der Waals surface area contributed by atoms with Crippen LogP contribution in [-0.2, 0) is 9.59 Å². The summed E-state index contributed by atoms with van der Waals surface area (Å²) in [4.78, 5) is 30.6. The van der Waals surface area contributed by atoms with Crippen LogP contribution in [0.15, 0.2) is 73.0 Å². The number of imide groups is 1. The standard InChI is InChI=1S/C23H18N2O3/c26-14-10-8-13(9-11-14)25-22(27)19-18-15-5-1-2-6-16(15)21(20(19)23(25)28)24-12-4-3-7-17(18)24/h1-12,17-21,26H. The Hall–Kier alpha value is -3.34. The maximum absolute atomic E-state index is 13.5. The van der Waals surface area contributed by atoms with Crippen LogP contribution in [0, 0.1) is 11.8 Å². The van der Waals surface area contributed by atoms with Crippen molar-refractivity contribution in [1.82, 2.24) is 4.90 Å². The summed E-state index contributed by atoms with van der Waals surface area (Å²) in [6, 6.07) is 14.4. The fourth-order valence-corrected chi connectivity index (χ4v) is 5.60. The third-order valence-electron chi connectivity index (χ3n) is 6.62. The molecule has 138 valence electrons. The highest BCUT2D eigenvalue weighted by Gasteiger charge is 2.64. The largest absolute Gasteiger partial charge is 0.508 e. The number of carbonyl (C=O) groups is 2. The van der Waals surface area contributed by atoms with Gasteiger partial charge in [0.25, 0.3) is 0 Å². The van der Waals surface area contributed by atoms with Crippen molar-refractivity contribution in [3.8, 4) is 5.75 Å². The summed E-state index contributed by atoms with van der Waals surface area (Å²) >= 11 is 0. The van der Waals surface area contributed by atoms with Gasteiger partial charge in [-0.05, 0) is 41.5 Å². The van der Waals surface area contributed by atoms with Gasteiger partial charge in [0.2, 0.25) is 11.8 Å². The summed E-state index contributed by atoms with van der Waals surface area (Å²) in [7, 11) is 0. The SMILES string of the molecule is O=C1C2C(C(=O)N1c1ccc(O)cc1)C1c3ccccc3C2C2C=CC=CN21. The molecule has 5 atom stereocenters. The summed E-state index contributed by atoms with van der Waals surface area (Å²) in [5.74, 6) is -0.974. The van der Waals surface area contributed by atoms with Gasteiger partial charge in [0, 0.05) is 12.1 Å². The number of benzene rings is 2. The molecule has 5 nitrogen and oxygen atoms in total. The highest BCUT2D eigenvalue weighted by molar-refractivity contribution is 6.23. The van der Waals surface area contributed by atoms with Gasteiger partial charge >= 0.3 is 0 Å². The third kappa shape index (κ3) is 1.81. The number of amides is 2. The maximum Gasteiger partial charge on any atom is 0.240 e. The molecule has 5 aliphatic rings. The monoisotopic (exact) mass is 370 g/mol. The molecule has 0 aromatic heterocycles. The van der Waals surface area contributed by atoms with Crippen LogP contribution in [0.5, 0.6) is 5.75 Å². The predicted octanol–water partition coefficient (Wildman–Crippen LogP) is 3.10. The fraction of sp³-hybridized carbons (Fsp3) is 0.217. The lowest BCUT2D eigenvalue weighted by Crippen LogP contribution is -2.56. The van der Waals surface area contributed by atoms with Crippen molar-refractivity contribution in [2.45, 2.75) is 18.0 Å². The molecule has 1 N–H and O–H groups in total. The Kier molecular flexibility index (Phi) is 3.00. The first-order chi connectivity index (χ1) is 13.7. The van der Waals surface area contributed by atoms with E-state index in [1.165, 1.54) is 22.6 Å². The normalized spacial score (nSPS) is 31.8. The minimum Gasteiger partial charge on any atom is -0.508 e. The summed E-state index contributed by atoms with van der Waals surface area (Å²) < 4.78 is 0. The van der Waals surface area contributed by atoms with E-state index in [1.54, 1.807) is 12.1 Å². The number of phenols is 1. The Balaban J connectivity index is 1.53. The molecule has 5 heteroatoms. The molecule has 2 amide bonds. The van der Waals surface area contributed by atoms with Crippen LogP contribution in [0.3, 0.4) is 0 Å². The Labute approximate surface area is 162 Å². The number of carbonyl (C=O) groups excluding carboxylic acids is 2. The lowest BCUT2D eigenvalue weighted by Gasteiger charge is -2.55. The van der Waals surface area contributed by atoms with Crippen LogP contribution in [0.4, 0.5) is 5.69 Å². The Morgan fingerprint density at radius 1 is 0.786 bits per heavy atom. The van der Waals surface area contributed by atoms with E-state index in [4.69, 9.17) is 0 Å². The molecule has 0 radical (unpaired) electrons. The van der Waals surface area contributed by atoms with Gasteiger partial charge in [-0.3, -0.25) is 9.59 Å². The average molecular weight is 370 g/mol. The van der Waals surface area contributed by atoms with E-state index in [1.807, 2.05) is 24.3 Å². The summed E-state index contributed by atoms with van der Waals surface area (Å²) in [5, 5.41) is 9.58. The Morgan fingerprint density at radius 3 is 2.29 bits per heavy atom. The van der Waals surface area contributed by atoms with Crippen molar-refractivity contribution in [1.29, 1.82) is 0 Å². The molecular weight excluding hydrogens is 352 g/mol. The van der Waals surface area contributed by atoms with Crippen LogP contribution in [0.1, 0.15) is 23.1 Å². The van der Waals surface area contributed by atoms with Crippen LogP contribution < -0.4 is 4.90 Å². The Bertz CT molecular complexity index is 1010. The number of nitrogens with zero attached hydrogens (tertiary/aromatic N) is 2. The molecule has 2 bridgehead atoms. The number of phenolic OH excluding ortho intramolecular Hbond substituents is 1. The maximum atomic E-state index is 13.5. The van der Waals surface area contributed by atoms with Crippen molar-refractivity contribution in [3.63, 3.8) is 0 Å². The Morgan fingerprint density at radius 2 is 1.50 bits per heavy atom. The molecule has 7 rings (SSSR count). The van der Waals surface area contributed by atoms with E-state index < -0.39 is 5.92 Å². The van der Waals surface area contributed by atoms with Crippen LogP contribution >= 0.6 is 0 Å². The van der Waals surface area contributed by atoms with Crippen molar-refractivity contribution < 1.29 is 14.7 Å². The molecule has 2 aromatic rings. The van der Waals surface area contributed by atoms with E-state index in [0.29, 0.717) is 5.69 Å². The zero-order chi connectivity index (χ0) is 19.0. The van der Waals surface area contributed by atoms with Gasteiger partial charge in [-0.2, -0.15) is 0 Å². The number of hydrogen-bond acceptors (Lipinski definition) is 4. The zero-order valence-corrected chi connectivity index (χ0v) is 15.0. The number of piperidine rings is 1. The molecule has 0 spiro atoms. The third-order valence-corrected chi connectivity index (χ3v) is 6.62. The predicted molar refractivity (Wildman–Crippen MR) is 103 cm³/mol. The van der Waals surface area contributed by atoms with E-state index >= 15 is 0 Å². The fourth-order valence-electron chi connectivity index (χ4n) is 5.60. The van der Waals surface area contributed by atoms with Crippen LogP contribution in [-0.4, -0.2) is 27.9 Å². The molecule has 2 fully saturated rings. The first kappa shape index (κ1) is 15.7. The zero-order valence-electron chi connectivity index (χ0n) is 15.0. The summed E-state index contributed by atoms with van der Waals surface area (Å²) in [6.07, 6.45) is 8.21. The molecule has 2 saturated heterocycles. The molecule has 1 aliphatic carbocycles. The summed E-state index contributed by atoms with van der Waals surface area (Å²) in [6.45, 7) is 0. The van der Waals surface area contributed by atoms with Gasteiger partial charge in [-0.1, -0.05) is 36.4 Å². The van der Waals surface area contributed by atoms with Crippen molar-refractivity contribution in [2.75, 3.05) is 4.90 Å². The minimum atomic E-state index is -0.395. The number of anilines is 1. The molecule has 2 aromatic carbocycles. The van der Waals surface area contributed by atoms with Gasteiger partial charge in [-0.25, -0.2) is 4.90 Å². The number of hydrogen-bond donors (Lipinski definition) is 1. The number of aromatic hydroxyl groups is 1. The van der Waals surface area contributed by atoms with E-state index in [0.717, 1.165) is 5.56 Å². The topological polar surface area (TPSA) is 60.9 Å². The molecule has 28 heavy (non-hydrogen) atoms. The lowest BCUT2D eigenvalue weighted by atomic mass is 9.60. The first-order valence-corrected chi connectivity index (χ1v) is 9.55. The first-order valence-electron chi connectivity index (χ1n) is 9.55. The van der Waals surface area contributed by atoms with Gasteiger partial charge < -0.3 is 10.0 Å². The van der Waals surface area contributed by atoms with Gasteiger partial charge in [0.05, 0.1) is 29.6 Å². The second-order valence-electron chi connectivity index (χ2n) is 7.84. The average Bonchev–Trinajstić information content (AvgIpc) is 3.00. The highest BCUT2D eigenvalue weighted by Crippen LogP contribution is 2.60. The van der Waals surface area contributed by atoms with Gasteiger partial charge in [0.15, 0.2) is 0 Å². The molecule has 5 unspecified atom stereocenters. The lowest BCUT2D eigenvalue weighted by molar-refractivity contribution is -0.128. The minimum absolute atomic E-state index is 0.0500. The van der Waals surface area contributed by atoms with E-state index in [2.05, 4.69) is 29.3 Å².